The van der Waals surface area contributed by atoms with E-state index in [0.717, 1.165) is 86.4 Å². The van der Waals surface area contributed by atoms with Crippen molar-refractivity contribution in [2.75, 3.05) is 52.0 Å². The van der Waals surface area contributed by atoms with Gasteiger partial charge in [-0.05, 0) is 73.1 Å². The highest BCUT2D eigenvalue weighted by Crippen LogP contribution is 2.39. The fourth-order valence-corrected chi connectivity index (χ4v) is 6.33. The van der Waals surface area contributed by atoms with Gasteiger partial charge in [0.15, 0.2) is 11.6 Å². The van der Waals surface area contributed by atoms with Crippen molar-refractivity contribution in [2.24, 2.45) is 0 Å². The quantitative estimate of drug-likeness (QED) is 0.316. The number of fused-ring (bicyclic) bond motifs is 3. The Morgan fingerprint density at radius 3 is 2.37 bits per heavy atom. The number of carbonyl (C=O) groups is 1. The maximum atomic E-state index is 13.8. The SMILES string of the molecule is COc1cccc(OC)c1CNC(=O)c1c2ncnn(N3CCN(CCc4ccc(F)c(F)c4)CC3)c-2c2c1CCCC2. The molecule has 0 aromatic heterocycles. The average molecular weight is 591 g/mol. The molecule has 1 N–H and O–H groups in total. The van der Waals surface area contributed by atoms with Gasteiger partial charge in [-0.3, -0.25) is 14.7 Å². The number of halogens is 2. The Balaban J connectivity index is 1.19. The van der Waals surface area contributed by atoms with Gasteiger partial charge in [-0.1, -0.05) is 12.1 Å². The molecule has 0 unspecified atom stereocenters. The predicted molar refractivity (Wildman–Crippen MR) is 158 cm³/mol. The molecule has 1 saturated heterocycles. The lowest BCUT2D eigenvalue weighted by Crippen LogP contribution is -2.52. The number of hydrogen-bond donors (Lipinski definition) is 1. The van der Waals surface area contributed by atoms with Gasteiger partial charge in [0.05, 0.1) is 31.9 Å². The normalized spacial score (nSPS) is 15.4. The molecule has 0 atom stereocenters. The van der Waals surface area contributed by atoms with Gasteiger partial charge >= 0.3 is 0 Å². The second-order valence-electron chi connectivity index (χ2n) is 11.0. The molecule has 1 amide bonds. The highest BCUT2D eigenvalue weighted by atomic mass is 19.2. The van der Waals surface area contributed by atoms with Crippen LogP contribution in [-0.2, 0) is 25.8 Å². The summed E-state index contributed by atoms with van der Waals surface area (Å²) in [6.45, 7) is 4.10. The zero-order chi connectivity index (χ0) is 29.9. The molecule has 2 aliphatic heterocycles. The maximum absolute atomic E-state index is 13.8. The molecule has 0 saturated carbocycles. The van der Waals surface area contributed by atoms with Gasteiger partial charge in [-0.2, -0.15) is 4.79 Å². The van der Waals surface area contributed by atoms with E-state index < -0.39 is 11.6 Å². The summed E-state index contributed by atoms with van der Waals surface area (Å²) in [4.78, 5) is 22.7. The van der Waals surface area contributed by atoms with Crippen molar-refractivity contribution in [3.63, 3.8) is 0 Å². The first-order valence-corrected chi connectivity index (χ1v) is 14.8. The third kappa shape index (κ3) is 5.73. The number of hydrogen-bond acceptors (Lipinski definition) is 7. The summed E-state index contributed by atoms with van der Waals surface area (Å²) in [6.07, 6.45) is 5.96. The van der Waals surface area contributed by atoms with Crippen molar-refractivity contribution >= 4 is 5.91 Å². The topological polar surface area (TPSA) is 84.8 Å². The second kappa shape index (κ2) is 12.5. The fraction of sp³-hybridized carbons (Fsp3) is 0.406. The Labute approximate surface area is 249 Å². The number of ether oxygens (including phenoxy) is 2. The van der Waals surface area contributed by atoms with E-state index in [1.807, 2.05) is 23.0 Å². The van der Waals surface area contributed by atoms with Crippen molar-refractivity contribution in [3.8, 4) is 22.9 Å². The molecule has 226 valence electrons. The van der Waals surface area contributed by atoms with Crippen LogP contribution in [0.1, 0.15) is 45.5 Å². The number of aromatic nitrogens is 3. The first kappa shape index (κ1) is 28.9. The molecule has 1 fully saturated rings. The Morgan fingerprint density at radius 1 is 0.953 bits per heavy atom. The summed E-state index contributed by atoms with van der Waals surface area (Å²) >= 11 is 0. The minimum Gasteiger partial charge on any atom is -0.496 e. The molecule has 0 spiro atoms. The first-order chi connectivity index (χ1) is 21.0. The van der Waals surface area contributed by atoms with Crippen LogP contribution in [-0.4, -0.2) is 72.6 Å². The zero-order valence-electron chi connectivity index (χ0n) is 24.5. The maximum Gasteiger partial charge on any atom is 0.254 e. The van der Waals surface area contributed by atoms with Crippen molar-refractivity contribution in [2.45, 2.75) is 38.6 Å². The number of benzene rings is 2. The molecule has 2 aromatic carbocycles. The number of amides is 1. The van der Waals surface area contributed by atoms with E-state index in [4.69, 9.17) is 9.47 Å². The van der Waals surface area contributed by atoms with E-state index in [9.17, 15) is 13.6 Å². The summed E-state index contributed by atoms with van der Waals surface area (Å²) in [7, 11) is 3.20. The van der Waals surface area contributed by atoms with Crippen LogP contribution in [0.25, 0.3) is 11.4 Å². The summed E-state index contributed by atoms with van der Waals surface area (Å²) in [6, 6.07) is 9.65. The van der Waals surface area contributed by atoms with Crippen LogP contribution in [0.15, 0.2) is 42.7 Å². The largest absolute Gasteiger partial charge is 0.496 e. The van der Waals surface area contributed by atoms with Crippen molar-refractivity contribution in [1.29, 1.82) is 0 Å². The van der Waals surface area contributed by atoms with Crippen LogP contribution in [0, 0.1) is 11.6 Å². The van der Waals surface area contributed by atoms with E-state index in [1.54, 1.807) is 20.3 Å². The van der Waals surface area contributed by atoms with Crippen LogP contribution >= 0.6 is 0 Å². The lowest BCUT2D eigenvalue weighted by atomic mass is 9.93. The van der Waals surface area contributed by atoms with Crippen LogP contribution in [0.4, 0.5) is 8.78 Å². The van der Waals surface area contributed by atoms with Crippen LogP contribution in [0.2, 0.25) is 0 Å². The monoisotopic (exact) mass is 590 g/mol. The van der Waals surface area contributed by atoms with Crippen molar-refractivity contribution in [1.82, 2.24) is 25.1 Å². The number of nitrogens with one attached hydrogen (secondary N) is 1. The van der Waals surface area contributed by atoms with E-state index in [0.29, 0.717) is 29.2 Å². The summed E-state index contributed by atoms with van der Waals surface area (Å²) in [5, 5.41) is 9.96. The molecule has 2 aliphatic carbocycles. The number of carbonyl (C=O) groups excluding carboxylic acids is 1. The van der Waals surface area contributed by atoms with Crippen molar-refractivity contribution < 1.29 is 23.0 Å². The minimum absolute atomic E-state index is 0.173. The third-order valence-electron chi connectivity index (χ3n) is 8.56. The van der Waals surface area contributed by atoms with Gasteiger partial charge in [0.1, 0.15) is 29.2 Å². The molecule has 43 heavy (non-hydrogen) atoms. The summed E-state index contributed by atoms with van der Waals surface area (Å²) in [5.74, 6) is -0.501. The van der Waals surface area contributed by atoms with Gasteiger partial charge in [0, 0.05) is 32.7 Å². The summed E-state index contributed by atoms with van der Waals surface area (Å²) in [5.41, 5.74) is 5.98. The molecule has 11 heteroatoms. The van der Waals surface area contributed by atoms with Gasteiger partial charge in [-0.15, -0.1) is 5.10 Å². The second-order valence-corrected chi connectivity index (χ2v) is 11.0. The zero-order valence-corrected chi connectivity index (χ0v) is 24.5. The highest BCUT2D eigenvalue weighted by molar-refractivity contribution is 6.04. The molecule has 4 aliphatic rings. The average Bonchev–Trinajstić information content (AvgIpc) is 3.39. The smallest absolute Gasteiger partial charge is 0.254 e. The Bertz CT molecular complexity index is 1560. The minimum atomic E-state index is -0.822. The highest BCUT2D eigenvalue weighted by Gasteiger charge is 2.34. The van der Waals surface area contributed by atoms with Crippen molar-refractivity contribution in [3.05, 3.63) is 82.2 Å². The Morgan fingerprint density at radius 2 is 1.67 bits per heavy atom. The Kier molecular flexibility index (Phi) is 8.42. The van der Waals surface area contributed by atoms with Crippen LogP contribution in [0.3, 0.4) is 0 Å². The fourth-order valence-electron chi connectivity index (χ4n) is 6.33. The molecule has 0 bridgehead atoms. The van der Waals surface area contributed by atoms with Gasteiger partial charge in [-0.25, -0.2) is 13.8 Å². The van der Waals surface area contributed by atoms with E-state index in [1.165, 1.54) is 18.5 Å². The molecular weight excluding hydrogens is 554 g/mol. The number of methoxy groups -OCH3 is 2. The molecule has 2 aromatic rings. The standard InChI is InChI=1S/C32H36F2N6O3/c1-42-27-8-5-9-28(43-2)24(27)19-35-32(41)29-22-6-3-4-7-23(22)31-30(29)36-20-37-40(31)39-16-14-38(15-17-39)13-12-21-10-11-25(33)26(34)18-21/h5,8-11,18,20H,3-4,6-7,12-17,19H2,1-2H3,(H,35,41). The molecule has 6 rings (SSSR count). The number of piperazine rings is 1. The van der Waals surface area contributed by atoms with E-state index >= 15 is 0 Å². The molecular formula is C32H36F2N6O3. The molecule has 2 heterocycles. The van der Waals surface area contributed by atoms with Gasteiger partial charge in [0.25, 0.3) is 5.91 Å². The van der Waals surface area contributed by atoms with Gasteiger partial charge < -0.3 is 14.8 Å². The lowest BCUT2D eigenvalue weighted by Gasteiger charge is -2.37. The first-order valence-electron chi connectivity index (χ1n) is 14.8. The third-order valence-corrected chi connectivity index (χ3v) is 8.56. The Hall–Kier alpha value is -4.25. The molecule has 0 radical (unpaired) electrons. The van der Waals surface area contributed by atoms with E-state index in [-0.39, 0.29) is 12.5 Å². The summed E-state index contributed by atoms with van der Waals surface area (Å²) < 4.78 is 37.9. The van der Waals surface area contributed by atoms with Gasteiger partial charge in [0.2, 0.25) is 0 Å². The van der Waals surface area contributed by atoms with Crippen LogP contribution < -0.4 is 19.8 Å². The van der Waals surface area contributed by atoms with E-state index in [2.05, 4.69) is 25.3 Å². The van der Waals surface area contributed by atoms with Crippen LogP contribution in [0.5, 0.6) is 11.5 Å². The predicted octanol–water partition coefficient (Wildman–Crippen LogP) is 3.98. The number of rotatable bonds is 9. The molecule has 9 nitrogen and oxygen atoms in total. The lowest BCUT2D eigenvalue weighted by molar-refractivity contribution is 0.0950. The number of nitrogens with zero attached hydrogens (tertiary/aromatic N) is 5.